The smallest absolute Gasteiger partial charge is 0.170 e. The minimum absolute atomic E-state index is 0.00185. The van der Waals surface area contributed by atoms with Crippen LogP contribution in [0.3, 0.4) is 0 Å². The number of ether oxygens (including phenoxy) is 2. The predicted molar refractivity (Wildman–Crippen MR) is 106 cm³/mol. The molecule has 6 rings (SSSR count). The average Bonchev–Trinajstić information content (AvgIpc) is 3.39. The maximum absolute atomic E-state index is 14.7. The molecule has 4 aromatic rings. The zero-order valence-electron chi connectivity index (χ0n) is 16.3. The first-order valence-electron chi connectivity index (χ1n) is 9.90. The Labute approximate surface area is 171 Å². The van der Waals surface area contributed by atoms with Gasteiger partial charge in [-0.25, -0.2) is 14.4 Å². The fourth-order valence-corrected chi connectivity index (χ4v) is 4.46. The van der Waals surface area contributed by atoms with E-state index in [1.807, 2.05) is 23.5 Å². The molecule has 0 bridgehead atoms. The molecule has 2 aliphatic rings. The number of nitrogens with zero attached hydrogens (tertiary/aromatic N) is 5. The summed E-state index contributed by atoms with van der Waals surface area (Å²) in [4.78, 5) is 8.60. The lowest BCUT2D eigenvalue weighted by Crippen LogP contribution is -2.13. The van der Waals surface area contributed by atoms with Crippen LogP contribution in [0.5, 0.6) is 11.5 Å². The largest absolute Gasteiger partial charge is 0.493 e. The van der Waals surface area contributed by atoms with Gasteiger partial charge < -0.3 is 9.47 Å². The van der Waals surface area contributed by atoms with Crippen molar-refractivity contribution in [1.29, 1.82) is 0 Å². The Balaban J connectivity index is 1.52. The molecule has 150 valence electrons. The molecule has 30 heavy (non-hydrogen) atoms. The second-order valence-corrected chi connectivity index (χ2v) is 7.69. The first-order valence-corrected chi connectivity index (χ1v) is 9.90. The third-order valence-corrected chi connectivity index (χ3v) is 5.88. The van der Waals surface area contributed by atoms with Gasteiger partial charge in [0.05, 0.1) is 30.5 Å². The summed E-state index contributed by atoms with van der Waals surface area (Å²) in [7, 11) is 0. The van der Waals surface area contributed by atoms with Crippen molar-refractivity contribution in [2.45, 2.75) is 25.7 Å². The fourth-order valence-electron chi connectivity index (χ4n) is 4.46. The number of aromatic nitrogens is 5. The van der Waals surface area contributed by atoms with Gasteiger partial charge >= 0.3 is 0 Å². The highest BCUT2D eigenvalue weighted by atomic mass is 19.1. The second kappa shape index (κ2) is 6.48. The number of hydrogen-bond acceptors (Lipinski definition) is 6. The van der Waals surface area contributed by atoms with Crippen molar-refractivity contribution in [3.05, 3.63) is 65.3 Å². The van der Waals surface area contributed by atoms with E-state index >= 15 is 0 Å². The van der Waals surface area contributed by atoms with Crippen LogP contribution in [-0.2, 0) is 12.8 Å². The van der Waals surface area contributed by atoms with E-state index in [4.69, 9.17) is 9.47 Å². The highest BCUT2D eigenvalue weighted by Gasteiger charge is 2.31. The maximum atomic E-state index is 14.7. The highest BCUT2D eigenvalue weighted by molar-refractivity contribution is 5.77. The van der Waals surface area contributed by atoms with Crippen molar-refractivity contribution in [2.75, 3.05) is 13.2 Å². The molecule has 0 N–H and O–H groups in total. The van der Waals surface area contributed by atoms with Crippen molar-refractivity contribution in [2.24, 2.45) is 0 Å². The molecule has 2 aliphatic heterocycles. The Morgan fingerprint density at radius 2 is 1.93 bits per heavy atom. The minimum Gasteiger partial charge on any atom is -0.493 e. The molecule has 0 radical (unpaired) electrons. The van der Waals surface area contributed by atoms with Gasteiger partial charge in [0, 0.05) is 16.8 Å². The van der Waals surface area contributed by atoms with Crippen LogP contribution in [0.4, 0.5) is 4.39 Å². The average molecular weight is 403 g/mol. The molecule has 0 aliphatic carbocycles. The number of pyridine rings is 1. The molecular weight excluding hydrogens is 385 g/mol. The zero-order chi connectivity index (χ0) is 20.2. The summed E-state index contributed by atoms with van der Waals surface area (Å²) in [6.45, 7) is 2.82. The Morgan fingerprint density at radius 3 is 2.80 bits per heavy atom. The van der Waals surface area contributed by atoms with Gasteiger partial charge in [0.25, 0.3) is 0 Å². The molecule has 0 saturated heterocycles. The molecule has 0 fully saturated rings. The Bertz CT molecular complexity index is 1300. The van der Waals surface area contributed by atoms with Crippen LogP contribution in [0.25, 0.3) is 16.9 Å². The van der Waals surface area contributed by atoms with Gasteiger partial charge in [0.2, 0.25) is 0 Å². The molecule has 0 unspecified atom stereocenters. The van der Waals surface area contributed by atoms with Crippen LogP contribution in [0.15, 0.2) is 36.9 Å². The van der Waals surface area contributed by atoms with Crippen LogP contribution in [0.2, 0.25) is 0 Å². The minimum atomic E-state index is -0.194. The van der Waals surface area contributed by atoms with Gasteiger partial charge in [-0.2, -0.15) is 0 Å². The molecule has 0 saturated carbocycles. The van der Waals surface area contributed by atoms with Gasteiger partial charge in [-0.05, 0) is 49.6 Å². The number of aryl methyl sites for hydroxylation is 2. The van der Waals surface area contributed by atoms with E-state index < -0.39 is 0 Å². The van der Waals surface area contributed by atoms with Crippen LogP contribution < -0.4 is 9.47 Å². The van der Waals surface area contributed by atoms with Gasteiger partial charge in [0.15, 0.2) is 5.65 Å². The van der Waals surface area contributed by atoms with Crippen molar-refractivity contribution >= 4 is 5.65 Å². The number of halogens is 1. The van der Waals surface area contributed by atoms with E-state index in [2.05, 4.69) is 20.2 Å². The number of fused-ring (bicyclic) bond motifs is 3. The summed E-state index contributed by atoms with van der Waals surface area (Å²) in [6.07, 6.45) is 4.35. The van der Waals surface area contributed by atoms with Gasteiger partial charge in [-0.3, -0.25) is 4.40 Å². The first kappa shape index (κ1) is 17.3. The molecule has 5 heterocycles. The van der Waals surface area contributed by atoms with E-state index in [1.165, 1.54) is 12.4 Å². The quantitative estimate of drug-likeness (QED) is 0.486. The zero-order valence-corrected chi connectivity index (χ0v) is 16.3. The summed E-state index contributed by atoms with van der Waals surface area (Å²) in [6, 6.07) is 7.08. The number of rotatable bonds is 1. The Hall–Kier alpha value is -3.55. The van der Waals surface area contributed by atoms with E-state index in [9.17, 15) is 4.39 Å². The molecule has 0 amide bonds. The third kappa shape index (κ3) is 2.56. The SMILES string of the molecule is Cc1cc(-c2cc3c(n4cnnc24)CCc2c(F)ccc4c2[C@H](CO4)CO3)ncn1. The van der Waals surface area contributed by atoms with Gasteiger partial charge in [0.1, 0.15) is 30.0 Å². The predicted octanol–water partition coefficient (Wildman–Crippen LogP) is 3.29. The molecule has 1 atom stereocenters. The van der Waals surface area contributed by atoms with Crippen molar-refractivity contribution < 1.29 is 13.9 Å². The van der Waals surface area contributed by atoms with Crippen LogP contribution in [0, 0.1) is 12.7 Å². The topological polar surface area (TPSA) is 74.4 Å². The molecule has 1 aromatic carbocycles. The number of benzene rings is 1. The van der Waals surface area contributed by atoms with Crippen LogP contribution in [0.1, 0.15) is 28.4 Å². The second-order valence-electron chi connectivity index (χ2n) is 7.69. The highest BCUT2D eigenvalue weighted by Crippen LogP contribution is 2.41. The van der Waals surface area contributed by atoms with Gasteiger partial charge in [-0.1, -0.05) is 0 Å². The molecule has 7 nitrogen and oxygen atoms in total. The Kier molecular flexibility index (Phi) is 3.74. The third-order valence-electron chi connectivity index (χ3n) is 5.88. The fraction of sp³-hybridized carbons (Fsp3) is 0.273. The summed E-state index contributed by atoms with van der Waals surface area (Å²) >= 11 is 0. The summed E-state index contributed by atoms with van der Waals surface area (Å²) in [5.41, 5.74) is 5.70. The van der Waals surface area contributed by atoms with E-state index in [0.29, 0.717) is 37.3 Å². The van der Waals surface area contributed by atoms with E-state index in [1.54, 1.807) is 12.4 Å². The standard InChI is InChI=1S/C22H18FN5O2/c1-12-6-17(25-10-24-12)15-7-20-18(28-11-26-27-22(15)28)4-2-14-16(23)3-5-19-21(14)13(8-29-19)9-30-20/h3,5-7,10-11,13H,2,4,8-9H2,1H3/t13-/m1/s1. The van der Waals surface area contributed by atoms with Crippen molar-refractivity contribution in [1.82, 2.24) is 24.6 Å². The normalized spacial score (nSPS) is 17.3. The lowest BCUT2D eigenvalue weighted by Gasteiger charge is -2.16. The lowest BCUT2D eigenvalue weighted by atomic mass is 9.93. The Morgan fingerprint density at radius 1 is 1.07 bits per heavy atom. The summed E-state index contributed by atoms with van der Waals surface area (Å²) in [5.74, 6) is 1.30. The summed E-state index contributed by atoms with van der Waals surface area (Å²) < 4.78 is 28.7. The molecule has 3 aromatic heterocycles. The van der Waals surface area contributed by atoms with Crippen LogP contribution in [-0.4, -0.2) is 37.8 Å². The van der Waals surface area contributed by atoms with E-state index in [-0.39, 0.29) is 11.7 Å². The van der Waals surface area contributed by atoms with Gasteiger partial charge in [-0.15, -0.1) is 10.2 Å². The number of hydrogen-bond donors (Lipinski definition) is 0. The summed E-state index contributed by atoms with van der Waals surface area (Å²) in [5, 5.41) is 8.43. The lowest BCUT2D eigenvalue weighted by molar-refractivity contribution is 0.246. The monoisotopic (exact) mass is 403 g/mol. The van der Waals surface area contributed by atoms with E-state index in [0.717, 1.165) is 39.7 Å². The van der Waals surface area contributed by atoms with Crippen molar-refractivity contribution in [3.63, 3.8) is 0 Å². The molecular formula is C22H18FN5O2. The molecule has 8 heteroatoms. The maximum Gasteiger partial charge on any atom is 0.170 e. The first-order chi connectivity index (χ1) is 14.7. The molecule has 0 spiro atoms. The van der Waals surface area contributed by atoms with Crippen LogP contribution >= 0.6 is 0 Å². The van der Waals surface area contributed by atoms with Crippen molar-refractivity contribution in [3.8, 4) is 22.8 Å².